The quantitative estimate of drug-likeness (QED) is 0.905. The molecule has 27 heavy (non-hydrogen) atoms. The Labute approximate surface area is 160 Å². The van der Waals surface area contributed by atoms with Gasteiger partial charge in [-0.1, -0.05) is 30.3 Å². The SMILES string of the molecule is O=C(C(c1ccccc1)N1CCN(c2ccc(O)cc2)CC1)N1CCCC1. The van der Waals surface area contributed by atoms with Gasteiger partial charge in [0.2, 0.25) is 5.91 Å². The lowest BCUT2D eigenvalue weighted by atomic mass is 10.0. The number of phenols is 1. The van der Waals surface area contributed by atoms with Gasteiger partial charge in [-0.15, -0.1) is 0 Å². The van der Waals surface area contributed by atoms with Crippen LogP contribution in [0.25, 0.3) is 0 Å². The summed E-state index contributed by atoms with van der Waals surface area (Å²) in [6, 6.07) is 17.4. The van der Waals surface area contributed by atoms with Crippen LogP contribution >= 0.6 is 0 Å². The van der Waals surface area contributed by atoms with Gasteiger partial charge in [0.15, 0.2) is 0 Å². The molecule has 0 bridgehead atoms. The largest absolute Gasteiger partial charge is 0.508 e. The molecule has 1 unspecified atom stereocenters. The van der Waals surface area contributed by atoms with E-state index < -0.39 is 0 Å². The third-order valence-electron chi connectivity index (χ3n) is 5.66. The number of nitrogens with zero attached hydrogens (tertiary/aromatic N) is 3. The monoisotopic (exact) mass is 365 g/mol. The van der Waals surface area contributed by atoms with Crippen molar-refractivity contribution < 1.29 is 9.90 Å². The Bertz CT molecular complexity index is 749. The Morgan fingerprint density at radius 2 is 1.44 bits per heavy atom. The number of carbonyl (C=O) groups is 1. The molecule has 5 heteroatoms. The predicted octanol–water partition coefficient (Wildman–Crippen LogP) is 2.88. The summed E-state index contributed by atoms with van der Waals surface area (Å²) < 4.78 is 0. The fourth-order valence-corrected chi connectivity index (χ4v) is 4.16. The zero-order valence-electron chi connectivity index (χ0n) is 15.6. The van der Waals surface area contributed by atoms with Crippen molar-refractivity contribution in [1.29, 1.82) is 0 Å². The second kappa shape index (κ2) is 8.01. The van der Waals surface area contributed by atoms with Gasteiger partial charge in [0, 0.05) is 45.0 Å². The number of phenolic OH excluding ortho intramolecular Hbond substituents is 1. The molecule has 0 saturated carbocycles. The molecule has 0 spiro atoms. The number of likely N-dealkylation sites (tertiary alicyclic amines) is 1. The molecule has 142 valence electrons. The zero-order valence-corrected chi connectivity index (χ0v) is 15.6. The van der Waals surface area contributed by atoms with Crippen LogP contribution in [0.4, 0.5) is 5.69 Å². The van der Waals surface area contributed by atoms with E-state index in [0.29, 0.717) is 0 Å². The second-order valence-electron chi connectivity index (χ2n) is 7.39. The number of amides is 1. The van der Waals surface area contributed by atoms with E-state index in [0.717, 1.165) is 63.4 Å². The van der Waals surface area contributed by atoms with Gasteiger partial charge in [0.1, 0.15) is 11.8 Å². The van der Waals surface area contributed by atoms with Crippen LogP contribution in [0.15, 0.2) is 54.6 Å². The van der Waals surface area contributed by atoms with E-state index >= 15 is 0 Å². The first-order valence-corrected chi connectivity index (χ1v) is 9.84. The molecule has 5 nitrogen and oxygen atoms in total. The highest BCUT2D eigenvalue weighted by atomic mass is 16.3. The van der Waals surface area contributed by atoms with Crippen LogP contribution in [0, 0.1) is 0 Å². The summed E-state index contributed by atoms with van der Waals surface area (Å²) in [5.41, 5.74) is 2.21. The van der Waals surface area contributed by atoms with Crippen molar-refractivity contribution >= 4 is 11.6 Å². The third kappa shape index (κ3) is 3.93. The van der Waals surface area contributed by atoms with Crippen molar-refractivity contribution in [2.75, 3.05) is 44.2 Å². The lowest BCUT2D eigenvalue weighted by Gasteiger charge is -2.40. The standard InChI is InChI=1S/C22H27N3O2/c26-20-10-8-19(9-11-20)23-14-16-24(17-15-23)21(18-6-2-1-3-7-18)22(27)25-12-4-5-13-25/h1-3,6-11,21,26H,4-5,12-17H2. The van der Waals surface area contributed by atoms with E-state index in [4.69, 9.17) is 0 Å². The van der Waals surface area contributed by atoms with Crippen molar-refractivity contribution in [3.63, 3.8) is 0 Å². The van der Waals surface area contributed by atoms with E-state index in [1.54, 1.807) is 12.1 Å². The van der Waals surface area contributed by atoms with E-state index in [-0.39, 0.29) is 17.7 Å². The summed E-state index contributed by atoms with van der Waals surface area (Å²) in [4.78, 5) is 20.0. The van der Waals surface area contributed by atoms with Crippen molar-refractivity contribution in [2.24, 2.45) is 0 Å². The molecule has 0 aromatic heterocycles. The first-order valence-electron chi connectivity index (χ1n) is 9.84. The van der Waals surface area contributed by atoms with Gasteiger partial charge in [-0.05, 0) is 42.7 Å². The first-order chi connectivity index (χ1) is 13.2. The summed E-state index contributed by atoms with van der Waals surface area (Å²) in [5, 5.41) is 9.49. The highest BCUT2D eigenvalue weighted by molar-refractivity contribution is 5.83. The first kappa shape index (κ1) is 17.9. The van der Waals surface area contributed by atoms with Gasteiger partial charge in [-0.2, -0.15) is 0 Å². The molecule has 1 atom stereocenters. The third-order valence-corrected chi connectivity index (χ3v) is 5.66. The molecule has 2 fully saturated rings. The maximum absolute atomic E-state index is 13.3. The molecule has 2 heterocycles. The van der Waals surface area contributed by atoms with Gasteiger partial charge in [0.05, 0.1) is 0 Å². The predicted molar refractivity (Wildman–Crippen MR) is 107 cm³/mol. The van der Waals surface area contributed by atoms with Gasteiger partial charge in [-0.25, -0.2) is 0 Å². The van der Waals surface area contributed by atoms with Crippen LogP contribution in [0.1, 0.15) is 24.4 Å². The number of aromatic hydroxyl groups is 1. The summed E-state index contributed by atoms with van der Waals surface area (Å²) in [5.74, 6) is 0.537. The number of piperazine rings is 1. The molecular weight excluding hydrogens is 338 g/mol. The molecular formula is C22H27N3O2. The molecule has 2 aliphatic rings. The Balaban J connectivity index is 1.49. The normalized spacial score (nSPS) is 19.3. The number of rotatable bonds is 4. The molecule has 1 amide bonds. The van der Waals surface area contributed by atoms with Crippen LogP contribution < -0.4 is 4.90 Å². The molecule has 2 aromatic carbocycles. The van der Waals surface area contributed by atoms with E-state index in [9.17, 15) is 9.90 Å². The fourth-order valence-electron chi connectivity index (χ4n) is 4.16. The molecule has 4 rings (SSSR count). The molecule has 0 aliphatic carbocycles. The fraction of sp³-hybridized carbons (Fsp3) is 0.409. The van der Waals surface area contributed by atoms with Crippen LogP contribution in [-0.4, -0.2) is 60.1 Å². The maximum atomic E-state index is 13.3. The number of carbonyl (C=O) groups excluding carboxylic acids is 1. The minimum Gasteiger partial charge on any atom is -0.508 e. The van der Waals surface area contributed by atoms with E-state index in [1.807, 2.05) is 35.2 Å². The maximum Gasteiger partial charge on any atom is 0.244 e. The topological polar surface area (TPSA) is 47.0 Å². The van der Waals surface area contributed by atoms with Crippen molar-refractivity contribution in [3.05, 3.63) is 60.2 Å². The van der Waals surface area contributed by atoms with Crippen LogP contribution in [-0.2, 0) is 4.79 Å². The number of hydrogen-bond donors (Lipinski definition) is 1. The van der Waals surface area contributed by atoms with E-state index in [2.05, 4.69) is 21.9 Å². The zero-order chi connectivity index (χ0) is 18.6. The Morgan fingerprint density at radius 3 is 2.07 bits per heavy atom. The van der Waals surface area contributed by atoms with Gasteiger partial charge < -0.3 is 14.9 Å². The molecule has 2 aliphatic heterocycles. The lowest BCUT2D eigenvalue weighted by molar-refractivity contribution is -0.136. The number of benzene rings is 2. The summed E-state index contributed by atoms with van der Waals surface area (Å²) in [6.45, 7) is 5.22. The van der Waals surface area contributed by atoms with Gasteiger partial charge >= 0.3 is 0 Å². The van der Waals surface area contributed by atoms with Crippen LogP contribution in [0.2, 0.25) is 0 Å². The van der Waals surface area contributed by atoms with Crippen LogP contribution in [0.5, 0.6) is 5.75 Å². The molecule has 0 radical (unpaired) electrons. The second-order valence-corrected chi connectivity index (χ2v) is 7.39. The average Bonchev–Trinajstić information content (AvgIpc) is 3.25. The minimum absolute atomic E-state index is 0.189. The molecule has 2 aromatic rings. The summed E-state index contributed by atoms with van der Waals surface area (Å²) in [7, 11) is 0. The highest BCUT2D eigenvalue weighted by Gasteiger charge is 2.34. The highest BCUT2D eigenvalue weighted by Crippen LogP contribution is 2.28. The Hall–Kier alpha value is -2.53. The van der Waals surface area contributed by atoms with Gasteiger partial charge in [-0.3, -0.25) is 9.69 Å². The lowest BCUT2D eigenvalue weighted by Crippen LogP contribution is -2.51. The average molecular weight is 365 g/mol. The number of anilines is 1. The van der Waals surface area contributed by atoms with Gasteiger partial charge in [0.25, 0.3) is 0 Å². The molecule has 2 saturated heterocycles. The van der Waals surface area contributed by atoms with Crippen LogP contribution in [0.3, 0.4) is 0 Å². The summed E-state index contributed by atoms with van der Waals surface area (Å²) >= 11 is 0. The Kier molecular flexibility index (Phi) is 5.30. The minimum atomic E-state index is -0.189. The van der Waals surface area contributed by atoms with Crippen molar-refractivity contribution in [2.45, 2.75) is 18.9 Å². The van der Waals surface area contributed by atoms with Crippen molar-refractivity contribution in [1.82, 2.24) is 9.80 Å². The Morgan fingerprint density at radius 1 is 0.815 bits per heavy atom. The molecule has 1 N–H and O–H groups in total. The number of hydrogen-bond acceptors (Lipinski definition) is 4. The smallest absolute Gasteiger partial charge is 0.244 e. The summed E-state index contributed by atoms with van der Waals surface area (Å²) in [6.07, 6.45) is 2.23. The van der Waals surface area contributed by atoms with Crippen molar-refractivity contribution in [3.8, 4) is 5.75 Å². The van der Waals surface area contributed by atoms with E-state index in [1.165, 1.54) is 0 Å².